The van der Waals surface area contributed by atoms with E-state index >= 15 is 0 Å². The summed E-state index contributed by atoms with van der Waals surface area (Å²) in [5.41, 5.74) is 2.53. The molecule has 2 aromatic carbocycles. The van der Waals surface area contributed by atoms with Gasteiger partial charge in [0.15, 0.2) is 5.75 Å². The summed E-state index contributed by atoms with van der Waals surface area (Å²) in [6, 6.07) is 9.05. The molecule has 8 nitrogen and oxygen atoms in total. The lowest BCUT2D eigenvalue weighted by atomic mass is 9.97. The first-order chi connectivity index (χ1) is 16.0. The number of carbonyl (C=O) groups is 2. The van der Waals surface area contributed by atoms with E-state index < -0.39 is 0 Å². The zero-order valence-electron chi connectivity index (χ0n) is 18.0. The highest BCUT2D eigenvalue weighted by molar-refractivity contribution is 6.36. The number of amides is 2. The third kappa shape index (κ3) is 3.47. The van der Waals surface area contributed by atoms with E-state index in [-0.39, 0.29) is 17.9 Å². The average molecular weight is 464 g/mol. The number of nitrogens with zero attached hydrogens (tertiary/aromatic N) is 4. The molecular weight excluding hydrogens is 442 g/mol. The molecule has 5 rings (SSSR count). The molecule has 168 valence electrons. The molecule has 3 heterocycles. The molecule has 1 atom stereocenters. The molecule has 0 bridgehead atoms. The van der Waals surface area contributed by atoms with Gasteiger partial charge in [0.25, 0.3) is 5.91 Å². The Morgan fingerprint density at radius 3 is 2.85 bits per heavy atom. The quantitative estimate of drug-likeness (QED) is 0.601. The van der Waals surface area contributed by atoms with Gasteiger partial charge in [0.2, 0.25) is 5.91 Å². The molecule has 0 unspecified atom stereocenters. The number of piperazine rings is 1. The van der Waals surface area contributed by atoms with E-state index in [9.17, 15) is 9.59 Å². The Hall–Kier alpha value is -3.65. The Morgan fingerprint density at radius 1 is 1.24 bits per heavy atom. The van der Waals surface area contributed by atoms with Crippen LogP contribution in [0.25, 0.3) is 22.0 Å². The average Bonchev–Trinajstić information content (AvgIpc) is 3.03. The number of rotatable bonds is 3. The lowest BCUT2D eigenvalue weighted by molar-refractivity contribution is -0.126. The van der Waals surface area contributed by atoms with E-state index in [0.29, 0.717) is 59.2 Å². The molecule has 2 aliphatic rings. The van der Waals surface area contributed by atoms with Crippen LogP contribution >= 0.6 is 11.6 Å². The summed E-state index contributed by atoms with van der Waals surface area (Å²) >= 11 is 6.91. The maximum absolute atomic E-state index is 12.5. The third-order valence-electron chi connectivity index (χ3n) is 6.15. The fourth-order valence-electron chi connectivity index (χ4n) is 4.53. The van der Waals surface area contributed by atoms with Crippen LogP contribution < -0.4 is 15.0 Å². The van der Waals surface area contributed by atoms with Crippen LogP contribution in [0.3, 0.4) is 0 Å². The SMILES string of the molecule is C=CC(=O)N1CCN2c3ncnc4cc(-c5ccccc5C(=O)NC)c(Cl)c(c34)OC[C@@H]2C1. The van der Waals surface area contributed by atoms with Gasteiger partial charge in [0.05, 0.1) is 22.0 Å². The van der Waals surface area contributed by atoms with E-state index in [4.69, 9.17) is 16.3 Å². The molecule has 0 radical (unpaired) electrons. The summed E-state index contributed by atoms with van der Waals surface area (Å²) in [7, 11) is 1.59. The molecule has 33 heavy (non-hydrogen) atoms. The van der Waals surface area contributed by atoms with Crippen molar-refractivity contribution in [3.8, 4) is 16.9 Å². The summed E-state index contributed by atoms with van der Waals surface area (Å²) in [5, 5.41) is 3.80. The summed E-state index contributed by atoms with van der Waals surface area (Å²) < 4.78 is 6.25. The van der Waals surface area contributed by atoms with Gasteiger partial charge in [-0.15, -0.1) is 0 Å². The highest BCUT2D eigenvalue weighted by atomic mass is 35.5. The van der Waals surface area contributed by atoms with E-state index in [0.717, 1.165) is 11.2 Å². The molecule has 0 saturated carbocycles. The summed E-state index contributed by atoms with van der Waals surface area (Å²) in [6.45, 7) is 5.59. The van der Waals surface area contributed by atoms with Crippen LogP contribution in [-0.4, -0.2) is 66.0 Å². The van der Waals surface area contributed by atoms with Crippen LogP contribution in [0.2, 0.25) is 5.02 Å². The maximum atomic E-state index is 12.5. The van der Waals surface area contributed by atoms with Gasteiger partial charge in [-0.05, 0) is 23.8 Å². The van der Waals surface area contributed by atoms with E-state index in [2.05, 4.69) is 26.8 Å². The molecule has 3 aromatic rings. The van der Waals surface area contributed by atoms with Gasteiger partial charge in [0.1, 0.15) is 18.8 Å². The monoisotopic (exact) mass is 463 g/mol. The Balaban J connectivity index is 1.65. The number of anilines is 1. The van der Waals surface area contributed by atoms with Crippen molar-refractivity contribution >= 4 is 40.1 Å². The van der Waals surface area contributed by atoms with Crippen molar-refractivity contribution in [2.45, 2.75) is 6.04 Å². The Bertz CT molecular complexity index is 1290. The topological polar surface area (TPSA) is 87.7 Å². The second-order valence-electron chi connectivity index (χ2n) is 7.93. The third-order valence-corrected chi connectivity index (χ3v) is 6.53. The standard InChI is InChI=1S/C24H22ClN5O3/c1-3-19(31)29-8-9-30-14(11-29)12-33-22-20-18(27-13-28-23(20)30)10-17(21(22)25)15-6-4-5-7-16(15)24(32)26-2/h3-7,10,13-14H,1,8-9,11-12H2,2H3,(H,26,32)/t14-/m0/s1. The number of benzene rings is 2. The van der Waals surface area contributed by atoms with Gasteiger partial charge in [0, 0.05) is 37.8 Å². The van der Waals surface area contributed by atoms with Crippen molar-refractivity contribution in [1.29, 1.82) is 0 Å². The van der Waals surface area contributed by atoms with Gasteiger partial charge in [-0.2, -0.15) is 0 Å². The number of fused-ring (bicyclic) bond motifs is 2. The van der Waals surface area contributed by atoms with Crippen molar-refractivity contribution in [3.63, 3.8) is 0 Å². The Labute approximate surface area is 195 Å². The van der Waals surface area contributed by atoms with Crippen LogP contribution in [0, 0.1) is 0 Å². The van der Waals surface area contributed by atoms with Gasteiger partial charge in [-0.25, -0.2) is 9.97 Å². The van der Waals surface area contributed by atoms with E-state index in [1.807, 2.05) is 24.3 Å². The largest absolute Gasteiger partial charge is 0.489 e. The van der Waals surface area contributed by atoms with Gasteiger partial charge >= 0.3 is 0 Å². The van der Waals surface area contributed by atoms with E-state index in [1.54, 1.807) is 18.0 Å². The minimum absolute atomic E-state index is 0.0918. The second kappa shape index (κ2) is 8.37. The Kier molecular flexibility index (Phi) is 5.38. The molecule has 0 aliphatic carbocycles. The zero-order valence-corrected chi connectivity index (χ0v) is 18.8. The lowest BCUT2D eigenvalue weighted by Gasteiger charge is -2.40. The number of carbonyl (C=O) groups excluding carboxylic acids is 2. The zero-order chi connectivity index (χ0) is 23.1. The molecule has 2 amide bonds. The molecular formula is C24H22ClN5O3. The van der Waals surface area contributed by atoms with Crippen molar-refractivity contribution in [2.24, 2.45) is 0 Å². The second-order valence-corrected chi connectivity index (χ2v) is 8.31. The lowest BCUT2D eigenvalue weighted by Crippen LogP contribution is -2.56. The molecule has 1 saturated heterocycles. The van der Waals surface area contributed by atoms with Gasteiger partial charge in [-0.1, -0.05) is 36.4 Å². The predicted molar refractivity (Wildman–Crippen MR) is 127 cm³/mol. The molecule has 1 fully saturated rings. The number of hydrogen-bond acceptors (Lipinski definition) is 6. The van der Waals surface area contributed by atoms with Crippen molar-refractivity contribution in [2.75, 3.05) is 38.2 Å². The maximum Gasteiger partial charge on any atom is 0.251 e. The van der Waals surface area contributed by atoms with Crippen LogP contribution in [-0.2, 0) is 4.79 Å². The fourth-order valence-corrected chi connectivity index (χ4v) is 4.84. The normalized spacial score (nSPS) is 17.1. The number of nitrogens with one attached hydrogen (secondary N) is 1. The minimum atomic E-state index is -0.207. The highest BCUT2D eigenvalue weighted by Gasteiger charge is 2.35. The molecule has 9 heteroatoms. The van der Waals surface area contributed by atoms with Crippen LogP contribution in [0.15, 0.2) is 49.3 Å². The summed E-state index contributed by atoms with van der Waals surface area (Å²) in [6.07, 6.45) is 2.85. The molecule has 2 aliphatic heterocycles. The first-order valence-electron chi connectivity index (χ1n) is 10.6. The molecule has 1 aromatic heterocycles. The van der Waals surface area contributed by atoms with Crippen molar-refractivity contribution < 1.29 is 14.3 Å². The number of hydrogen-bond donors (Lipinski definition) is 1. The van der Waals surface area contributed by atoms with E-state index in [1.165, 1.54) is 12.4 Å². The number of halogens is 1. The summed E-state index contributed by atoms with van der Waals surface area (Å²) in [4.78, 5) is 37.6. The minimum Gasteiger partial charge on any atom is -0.489 e. The summed E-state index contributed by atoms with van der Waals surface area (Å²) in [5.74, 6) is 0.912. The molecule has 1 N–H and O–H groups in total. The predicted octanol–water partition coefficient (Wildman–Crippen LogP) is 2.91. The van der Waals surface area contributed by atoms with Crippen molar-refractivity contribution in [1.82, 2.24) is 20.2 Å². The number of aromatic nitrogens is 2. The highest BCUT2D eigenvalue weighted by Crippen LogP contribution is 2.46. The smallest absolute Gasteiger partial charge is 0.251 e. The van der Waals surface area contributed by atoms with Crippen LogP contribution in [0.4, 0.5) is 5.82 Å². The number of ether oxygens (including phenoxy) is 1. The Morgan fingerprint density at radius 2 is 2.06 bits per heavy atom. The molecule has 0 spiro atoms. The van der Waals surface area contributed by atoms with Crippen LogP contribution in [0.1, 0.15) is 10.4 Å². The fraction of sp³-hybridized carbons (Fsp3) is 0.250. The first kappa shape index (κ1) is 21.2. The first-order valence-corrected chi connectivity index (χ1v) is 11.0. The van der Waals surface area contributed by atoms with Crippen LogP contribution in [0.5, 0.6) is 5.75 Å². The van der Waals surface area contributed by atoms with Crippen molar-refractivity contribution in [3.05, 3.63) is 59.9 Å². The van der Waals surface area contributed by atoms with Gasteiger partial charge < -0.3 is 19.9 Å². The van der Waals surface area contributed by atoms with Gasteiger partial charge in [-0.3, -0.25) is 9.59 Å².